The van der Waals surface area contributed by atoms with Crippen molar-refractivity contribution in [3.8, 4) is 0 Å². The molecule has 1 saturated heterocycles. The zero-order chi connectivity index (χ0) is 19.1. The van der Waals surface area contributed by atoms with Crippen molar-refractivity contribution in [2.75, 3.05) is 0 Å². The number of hydrogen-bond donors (Lipinski definition) is 0. The fourth-order valence-electron chi connectivity index (χ4n) is 6.62. The van der Waals surface area contributed by atoms with E-state index in [0.29, 0.717) is 23.1 Å². The van der Waals surface area contributed by atoms with Crippen LogP contribution in [0.25, 0.3) is 0 Å². The summed E-state index contributed by atoms with van der Waals surface area (Å²) in [5.74, 6) is 3.55. The molecule has 5 rings (SSSR count). The third-order valence-corrected chi connectivity index (χ3v) is 7.93. The Morgan fingerprint density at radius 1 is 1.15 bits per heavy atom. The lowest BCUT2D eigenvalue weighted by molar-refractivity contribution is -0.217. The lowest BCUT2D eigenvalue weighted by Crippen LogP contribution is -2.79. The summed E-state index contributed by atoms with van der Waals surface area (Å²) in [6.07, 6.45) is 6.75. The SMILES string of the molecule is Cc1ncccc1C(=O)N1N(C2C(C)CC3CC4CC2C[C@@H]34)C(=O)C1(C)C. The van der Waals surface area contributed by atoms with Gasteiger partial charge in [-0.05, 0) is 88.2 Å². The molecule has 6 atom stereocenters. The molecular weight excluding hydrogens is 338 g/mol. The Morgan fingerprint density at radius 3 is 2.59 bits per heavy atom. The van der Waals surface area contributed by atoms with E-state index in [1.54, 1.807) is 17.3 Å². The smallest absolute Gasteiger partial charge is 0.270 e. The molecule has 4 fully saturated rings. The van der Waals surface area contributed by atoms with E-state index in [9.17, 15) is 9.59 Å². The number of carbonyl (C=O) groups excluding carboxylic acids is 2. The van der Waals surface area contributed by atoms with Crippen LogP contribution in [-0.4, -0.2) is 38.4 Å². The van der Waals surface area contributed by atoms with E-state index in [-0.39, 0.29) is 17.9 Å². The Kier molecular flexibility index (Phi) is 3.54. The van der Waals surface area contributed by atoms with Gasteiger partial charge in [-0.1, -0.05) is 6.92 Å². The molecule has 2 heterocycles. The number of rotatable bonds is 2. The van der Waals surface area contributed by atoms with Crippen LogP contribution < -0.4 is 0 Å². The van der Waals surface area contributed by atoms with Gasteiger partial charge < -0.3 is 0 Å². The molecule has 5 heteroatoms. The van der Waals surface area contributed by atoms with E-state index in [1.165, 1.54) is 25.7 Å². The van der Waals surface area contributed by atoms with Gasteiger partial charge in [0.2, 0.25) is 0 Å². The predicted octanol–water partition coefficient (Wildman–Crippen LogP) is 3.44. The van der Waals surface area contributed by atoms with Gasteiger partial charge in [0.05, 0.1) is 17.3 Å². The van der Waals surface area contributed by atoms with Gasteiger partial charge in [-0.2, -0.15) is 0 Å². The number of hydrogen-bond acceptors (Lipinski definition) is 3. The number of hydrazine groups is 1. The molecule has 27 heavy (non-hydrogen) atoms. The molecule has 3 saturated carbocycles. The van der Waals surface area contributed by atoms with Crippen molar-refractivity contribution in [1.29, 1.82) is 0 Å². The normalized spacial score (nSPS) is 38.9. The molecule has 1 aromatic rings. The monoisotopic (exact) mass is 367 g/mol. The number of nitrogens with zero attached hydrogens (tertiary/aromatic N) is 3. The Balaban J connectivity index is 1.50. The first-order chi connectivity index (χ1) is 12.8. The van der Waals surface area contributed by atoms with Crippen molar-refractivity contribution >= 4 is 11.8 Å². The maximum absolute atomic E-state index is 13.4. The highest BCUT2D eigenvalue weighted by atomic mass is 16.2. The third kappa shape index (κ3) is 2.20. The van der Waals surface area contributed by atoms with Crippen LogP contribution in [0.3, 0.4) is 0 Å². The van der Waals surface area contributed by atoms with Gasteiger partial charge in [-0.3, -0.25) is 14.6 Å². The van der Waals surface area contributed by atoms with E-state index in [2.05, 4.69) is 11.9 Å². The number of fused-ring (bicyclic) bond motifs is 1. The first-order valence-electron chi connectivity index (χ1n) is 10.4. The van der Waals surface area contributed by atoms with E-state index < -0.39 is 5.54 Å². The molecule has 1 aliphatic heterocycles. The average molecular weight is 367 g/mol. The molecule has 0 radical (unpaired) electrons. The van der Waals surface area contributed by atoms with Crippen LogP contribution in [0.5, 0.6) is 0 Å². The van der Waals surface area contributed by atoms with Crippen LogP contribution in [0.1, 0.15) is 62.5 Å². The standard InChI is InChI=1S/C22H29N3O2/c1-12-8-14-9-15-10-16(11-18(14)15)19(12)24-21(27)22(3,4)25(24)20(26)17-6-5-7-23-13(17)2/h5-7,12,14-16,18-19H,8-11H2,1-4H3/t12?,14?,15?,16?,18-,19?/m0/s1. The molecule has 5 nitrogen and oxygen atoms in total. The zero-order valence-corrected chi connectivity index (χ0v) is 16.7. The van der Waals surface area contributed by atoms with Gasteiger partial charge in [-0.15, -0.1) is 0 Å². The second-order valence-corrected chi connectivity index (χ2v) is 9.82. The number of aromatic nitrogens is 1. The van der Waals surface area contributed by atoms with E-state index >= 15 is 0 Å². The first-order valence-corrected chi connectivity index (χ1v) is 10.4. The third-order valence-electron chi connectivity index (χ3n) is 7.93. The molecule has 1 aromatic heterocycles. The summed E-state index contributed by atoms with van der Waals surface area (Å²) in [6.45, 7) is 7.88. The lowest BCUT2D eigenvalue weighted by atomic mass is 9.63. The second-order valence-electron chi connectivity index (χ2n) is 9.82. The summed E-state index contributed by atoms with van der Waals surface area (Å²) in [5, 5.41) is 3.59. The molecule has 4 aliphatic rings. The van der Waals surface area contributed by atoms with E-state index in [4.69, 9.17) is 0 Å². The van der Waals surface area contributed by atoms with Crippen molar-refractivity contribution in [1.82, 2.24) is 15.0 Å². The summed E-state index contributed by atoms with van der Waals surface area (Å²) >= 11 is 0. The lowest BCUT2D eigenvalue weighted by Gasteiger charge is -2.60. The maximum atomic E-state index is 13.4. The van der Waals surface area contributed by atoms with Crippen molar-refractivity contribution in [2.24, 2.45) is 29.6 Å². The van der Waals surface area contributed by atoms with Crippen LogP contribution in [0.4, 0.5) is 0 Å². The number of carbonyl (C=O) groups is 2. The molecular formula is C22H29N3O2. The topological polar surface area (TPSA) is 53.5 Å². The van der Waals surface area contributed by atoms with Crippen LogP contribution >= 0.6 is 0 Å². The van der Waals surface area contributed by atoms with Gasteiger partial charge in [-0.25, -0.2) is 10.0 Å². The number of pyridine rings is 1. The fraction of sp³-hybridized carbons (Fsp3) is 0.682. The van der Waals surface area contributed by atoms with Crippen molar-refractivity contribution in [3.05, 3.63) is 29.6 Å². The van der Waals surface area contributed by atoms with Crippen molar-refractivity contribution in [2.45, 2.75) is 65.0 Å². The Labute approximate surface area is 161 Å². The van der Waals surface area contributed by atoms with Crippen molar-refractivity contribution in [3.63, 3.8) is 0 Å². The second kappa shape index (κ2) is 5.55. The largest absolute Gasteiger partial charge is 0.275 e. The van der Waals surface area contributed by atoms with Gasteiger partial charge >= 0.3 is 0 Å². The molecule has 0 aromatic carbocycles. The maximum Gasteiger partial charge on any atom is 0.275 e. The minimum Gasteiger partial charge on any atom is -0.270 e. The van der Waals surface area contributed by atoms with E-state index in [1.807, 2.05) is 31.8 Å². The summed E-state index contributed by atoms with van der Waals surface area (Å²) in [7, 11) is 0. The van der Waals surface area contributed by atoms with Gasteiger partial charge in [0.1, 0.15) is 5.54 Å². The quantitative estimate of drug-likeness (QED) is 0.805. The molecule has 2 bridgehead atoms. The summed E-state index contributed by atoms with van der Waals surface area (Å²) in [6, 6.07) is 3.77. The highest BCUT2D eigenvalue weighted by Gasteiger charge is 2.63. The molecule has 5 unspecified atom stereocenters. The van der Waals surface area contributed by atoms with Crippen LogP contribution in [0, 0.1) is 36.5 Å². The molecule has 0 N–H and O–H groups in total. The fourth-order valence-corrected chi connectivity index (χ4v) is 6.62. The number of amides is 2. The highest BCUT2D eigenvalue weighted by molar-refractivity contribution is 6.04. The predicted molar refractivity (Wildman–Crippen MR) is 101 cm³/mol. The Morgan fingerprint density at radius 2 is 1.85 bits per heavy atom. The highest BCUT2D eigenvalue weighted by Crippen LogP contribution is 2.61. The van der Waals surface area contributed by atoms with Gasteiger partial charge in [0.25, 0.3) is 11.8 Å². The van der Waals surface area contributed by atoms with Crippen molar-refractivity contribution < 1.29 is 9.59 Å². The van der Waals surface area contributed by atoms with Crippen LogP contribution in [0.2, 0.25) is 0 Å². The van der Waals surface area contributed by atoms with E-state index in [0.717, 1.165) is 17.8 Å². The zero-order valence-electron chi connectivity index (χ0n) is 16.7. The molecule has 0 spiro atoms. The van der Waals surface area contributed by atoms with Gasteiger partial charge in [0, 0.05) is 6.20 Å². The molecule has 2 amide bonds. The summed E-state index contributed by atoms with van der Waals surface area (Å²) < 4.78 is 0. The number of aryl methyl sites for hydroxylation is 1. The summed E-state index contributed by atoms with van der Waals surface area (Å²) in [5.41, 5.74) is 0.525. The van der Waals surface area contributed by atoms with Crippen LogP contribution in [0.15, 0.2) is 18.3 Å². The minimum atomic E-state index is -0.785. The minimum absolute atomic E-state index is 0.0910. The Hall–Kier alpha value is -1.91. The summed E-state index contributed by atoms with van der Waals surface area (Å²) in [4.78, 5) is 30.9. The molecule has 3 aliphatic carbocycles. The molecule has 144 valence electrons. The van der Waals surface area contributed by atoms with Crippen LogP contribution in [-0.2, 0) is 4.79 Å². The first kappa shape index (κ1) is 17.2. The Bertz CT molecular complexity index is 820. The van der Waals surface area contributed by atoms with Gasteiger partial charge in [0.15, 0.2) is 0 Å². The average Bonchev–Trinajstić information content (AvgIpc) is 2.90.